The van der Waals surface area contributed by atoms with Crippen LogP contribution in [-0.2, 0) is 9.53 Å². The standard InChI is InChI=1S/C10H21NO3.2C2H6.H2/c1-4-10(2,5-7-12)9(13)11-6-8-14-3;2*1-2;/h12H,4-8H2,1-3H3,(H,11,13);2*1-2H3;1H. The zero-order chi connectivity index (χ0) is 15.0. The van der Waals surface area contributed by atoms with Gasteiger partial charge < -0.3 is 15.2 Å². The highest BCUT2D eigenvalue weighted by Gasteiger charge is 2.29. The van der Waals surface area contributed by atoms with Gasteiger partial charge in [-0.15, -0.1) is 0 Å². The lowest BCUT2D eigenvalue weighted by atomic mass is 9.83. The Morgan fingerprint density at radius 2 is 1.83 bits per heavy atom. The van der Waals surface area contributed by atoms with Crippen LogP contribution in [0.4, 0.5) is 0 Å². The van der Waals surface area contributed by atoms with E-state index in [9.17, 15) is 4.79 Å². The maximum absolute atomic E-state index is 11.7. The van der Waals surface area contributed by atoms with Crippen LogP contribution in [0.3, 0.4) is 0 Å². The highest BCUT2D eigenvalue weighted by atomic mass is 16.5. The lowest BCUT2D eigenvalue weighted by molar-refractivity contribution is -0.131. The first-order valence-electron chi connectivity index (χ1n) is 6.99. The number of hydrogen-bond acceptors (Lipinski definition) is 3. The Hall–Kier alpha value is -0.610. The third-order valence-electron chi connectivity index (χ3n) is 2.58. The smallest absolute Gasteiger partial charge is 0.226 e. The van der Waals surface area contributed by atoms with E-state index in [4.69, 9.17) is 9.84 Å². The fourth-order valence-electron chi connectivity index (χ4n) is 1.18. The van der Waals surface area contributed by atoms with Crippen LogP contribution in [0.25, 0.3) is 0 Å². The maximum Gasteiger partial charge on any atom is 0.226 e. The Morgan fingerprint density at radius 3 is 2.17 bits per heavy atom. The van der Waals surface area contributed by atoms with Crippen molar-refractivity contribution >= 4 is 5.91 Å². The molecular formula is C14H35NO3. The number of carbonyl (C=O) groups excluding carboxylic acids is 1. The van der Waals surface area contributed by atoms with Gasteiger partial charge in [0.15, 0.2) is 0 Å². The molecule has 18 heavy (non-hydrogen) atoms. The molecule has 0 aliphatic rings. The fraction of sp³-hybridized carbons (Fsp3) is 0.929. The minimum Gasteiger partial charge on any atom is -0.396 e. The van der Waals surface area contributed by atoms with Crippen LogP contribution in [0.1, 0.15) is 55.8 Å². The highest BCUT2D eigenvalue weighted by molar-refractivity contribution is 5.82. The zero-order valence-electron chi connectivity index (χ0n) is 13.3. The zero-order valence-corrected chi connectivity index (χ0v) is 13.3. The second-order valence-corrected chi connectivity index (χ2v) is 3.64. The average Bonchev–Trinajstić information content (AvgIpc) is 2.43. The van der Waals surface area contributed by atoms with E-state index in [1.54, 1.807) is 7.11 Å². The molecule has 1 unspecified atom stereocenters. The van der Waals surface area contributed by atoms with Crippen molar-refractivity contribution in [2.24, 2.45) is 5.41 Å². The third-order valence-corrected chi connectivity index (χ3v) is 2.58. The summed E-state index contributed by atoms with van der Waals surface area (Å²) in [6.07, 6.45) is 1.23. The Morgan fingerprint density at radius 1 is 1.33 bits per heavy atom. The van der Waals surface area contributed by atoms with E-state index in [-0.39, 0.29) is 13.9 Å². The Kier molecular flexibility index (Phi) is 20.5. The van der Waals surface area contributed by atoms with Gasteiger partial charge in [-0.25, -0.2) is 0 Å². The second kappa shape index (κ2) is 16.4. The SMILES string of the molecule is CC.CC.CCC(C)(CCO)C(=O)NCCOC.[HH]. The predicted molar refractivity (Wildman–Crippen MR) is 79.8 cm³/mol. The van der Waals surface area contributed by atoms with Crippen molar-refractivity contribution in [1.82, 2.24) is 5.32 Å². The summed E-state index contributed by atoms with van der Waals surface area (Å²) in [5.74, 6) is -0.00824. The van der Waals surface area contributed by atoms with Crippen LogP contribution in [0.15, 0.2) is 0 Å². The number of rotatable bonds is 7. The minimum absolute atomic E-state index is 0. The highest BCUT2D eigenvalue weighted by Crippen LogP contribution is 2.25. The first-order valence-corrected chi connectivity index (χ1v) is 6.99. The van der Waals surface area contributed by atoms with E-state index in [1.807, 2.05) is 41.5 Å². The molecule has 1 atom stereocenters. The molecule has 0 aromatic rings. The van der Waals surface area contributed by atoms with Gasteiger partial charge in [-0.3, -0.25) is 4.79 Å². The van der Waals surface area contributed by atoms with Gasteiger partial charge in [0, 0.05) is 27.1 Å². The van der Waals surface area contributed by atoms with Crippen molar-refractivity contribution < 1.29 is 16.1 Å². The normalized spacial score (nSPS) is 12.2. The molecule has 4 nitrogen and oxygen atoms in total. The van der Waals surface area contributed by atoms with Crippen LogP contribution in [-0.4, -0.2) is 37.9 Å². The molecule has 0 aliphatic heterocycles. The summed E-state index contributed by atoms with van der Waals surface area (Å²) in [7, 11) is 1.60. The molecule has 0 aliphatic carbocycles. The summed E-state index contributed by atoms with van der Waals surface area (Å²) in [6, 6.07) is 0. The molecule has 0 saturated heterocycles. The molecule has 0 aromatic heterocycles. The first kappa shape index (κ1) is 22.6. The number of nitrogens with one attached hydrogen (secondary N) is 1. The molecule has 4 heteroatoms. The number of amides is 1. The van der Waals surface area contributed by atoms with E-state index >= 15 is 0 Å². The molecule has 0 spiro atoms. The molecule has 0 rings (SSSR count). The quantitative estimate of drug-likeness (QED) is 0.696. The van der Waals surface area contributed by atoms with Gasteiger partial charge in [0.05, 0.1) is 6.61 Å². The average molecular weight is 265 g/mol. The number of methoxy groups -OCH3 is 1. The van der Waals surface area contributed by atoms with Gasteiger partial charge in [0.25, 0.3) is 0 Å². The van der Waals surface area contributed by atoms with Gasteiger partial charge >= 0.3 is 0 Å². The third kappa shape index (κ3) is 10.5. The summed E-state index contributed by atoms with van der Waals surface area (Å²) < 4.78 is 4.83. The van der Waals surface area contributed by atoms with Crippen molar-refractivity contribution in [3.63, 3.8) is 0 Å². The molecule has 0 radical (unpaired) electrons. The molecule has 0 aromatic carbocycles. The largest absolute Gasteiger partial charge is 0.396 e. The number of aliphatic hydroxyl groups excluding tert-OH is 1. The van der Waals surface area contributed by atoms with Gasteiger partial charge in [-0.2, -0.15) is 0 Å². The number of hydrogen-bond donors (Lipinski definition) is 2. The van der Waals surface area contributed by atoms with Gasteiger partial charge in [-0.05, 0) is 12.8 Å². The monoisotopic (exact) mass is 265 g/mol. The molecule has 2 N–H and O–H groups in total. The first-order chi connectivity index (χ1) is 8.60. The van der Waals surface area contributed by atoms with E-state index < -0.39 is 5.41 Å². The topological polar surface area (TPSA) is 58.6 Å². The predicted octanol–water partition coefficient (Wildman–Crippen LogP) is 2.85. The molecular weight excluding hydrogens is 230 g/mol. The van der Waals surface area contributed by atoms with Gasteiger partial charge in [-0.1, -0.05) is 41.5 Å². The Balaban J connectivity index is -0.000000204. The lowest BCUT2D eigenvalue weighted by Crippen LogP contribution is -2.40. The van der Waals surface area contributed by atoms with Crippen molar-refractivity contribution in [3.05, 3.63) is 0 Å². The molecule has 114 valence electrons. The fourth-order valence-corrected chi connectivity index (χ4v) is 1.18. The maximum atomic E-state index is 11.7. The van der Waals surface area contributed by atoms with E-state index in [0.29, 0.717) is 19.6 Å². The summed E-state index contributed by atoms with van der Waals surface area (Å²) in [5.41, 5.74) is -0.456. The molecule has 1 amide bonds. The lowest BCUT2D eigenvalue weighted by Gasteiger charge is -2.25. The molecule has 0 saturated carbocycles. The number of carbonyl (C=O) groups is 1. The van der Waals surface area contributed by atoms with Crippen LogP contribution >= 0.6 is 0 Å². The van der Waals surface area contributed by atoms with Gasteiger partial charge in [0.2, 0.25) is 5.91 Å². The summed E-state index contributed by atoms with van der Waals surface area (Å²) >= 11 is 0. The van der Waals surface area contributed by atoms with Crippen LogP contribution in [0.2, 0.25) is 0 Å². The minimum atomic E-state index is -0.456. The van der Waals surface area contributed by atoms with Crippen molar-refractivity contribution in [2.75, 3.05) is 26.9 Å². The van der Waals surface area contributed by atoms with E-state index in [0.717, 1.165) is 6.42 Å². The molecule has 0 fully saturated rings. The van der Waals surface area contributed by atoms with Crippen LogP contribution < -0.4 is 5.32 Å². The van der Waals surface area contributed by atoms with Crippen LogP contribution in [0.5, 0.6) is 0 Å². The molecule has 0 bridgehead atoms. The number of ether oxygens (including phenoxy) is 1. The summed E-state index contributed by atoms with van der Waals surface area (Å²) in [4.78, 5) is 11.7. The van der Waals surface area contributed by atoms with Gasteiger partial charge in [0.1, 0.15) is 0 Å². The second-order valence-electron chi connectivity index (χ2n) is 3.64. The summed E-state index contributed by atoms with van der Waals surface area (Å²) in [6.45, 7) is 12.9. The molecule has 0 heterocycles. The summed E-state index contributed by atoms with van der Waals surface area (Å²) in [5, 5.41) is 11.6. The van der Waals surface area contributed by atoms with E-state index in [2.05, 4.69) is 5.32 Å². The number of aliphatic hydroxyl groups is 1. The Labute approximate surface area is 115 Å². The Bertz CT molecular complexity index is 180. The van der Waals surface area contributed by atoms with Crippen LogP contribution in [0, 0.1) is 5.41 Å². The van der Waals surface area contributed by atoms with Crippen molar-refractivity contribution in [3.8, 4) is 0 Å². The van der Waals surface area contributed by atoms with E-state index in [1.165, 1.54) is 0 Å². The van der Waals surface area contributed by atoms with Crippen molar-refractivity contribution in [1.29, 1.82) is 0 Å². The van der Waals surface area contributed by atoms with Crippen molar-refractivity contribution in [2.45, 2.75) is 54.4 Å².